The minimum Gasteiger partial charge on any atom is -0.406 e. The van der Waals surface area contributed by atoms with Gasteiger partial charge in [0.15, 0.2) is 0 Å². The van der Waals surface area contributed by atoms with Crippen LogP contribution in [0.25, 0.3) is 0 Å². The van der Waals surface area contributed by atoms with E-state index in [1.165, 1.54) is 12.1 Å². The first kappa shape index (κ1) is 16.0. The lowest BCUT2D eigenvalue weighted by Gasteiger charge is -2.12. The molecule has 0 heterocycles. The number of benzene rings is 1. The minimum atomic E-state index is -4.71. The van der Waals surface area contributed by atoms with Crippen molar-refractivity contribution in [1.29, 1.82) is 0 Å². The molecule has 1 rings (SSSR count). The quantitative estimate of drug-likeness (QED) is 0.854. The second-order valence-corrected chi connectivity index (χ2v) is 3.20. The lowest BCUT2D eigenvalue weighted by molar-refractivity contribution is -0.274. The summed E-state index contributed by atoms with van der Waals surface area (Å²) in [6, 6.07) is 4.58. The van der Waals surface area contributed by atoms with Crippen LogP contribution in [-0.4, -0.2) is 13.0 Å². The van der Waals surface area contributed by atoms with E-state index in [1.54, 1.807) is 0 Å². The van der Waals surface area contributed by atoms with Crippen molar-refractivity contribution >= 4 is 12.4 Å². The standard InChI is InChI=1S/C10H11F4NO.ClH/c11-6-5-9(15)7-1-3-8(4-2-7)16-10(12,13)14;/h1-4,9H,5-6,15H2;1H/t9-;/m1./s1. The third-order valence-electron chi connectivity index (χ3n) is 1.96. The highest BCUT2D eigenvalue weighted by molar-refractivity contribution is 5.85. The van der Waals surface area contributed by atoms with Crippen LogP contribution in [0.2, 0.25) is 0 Å². The Kier molecular flexibility index (Phi) is 6.26. The van der Waals surface area contributed by atoms with Crippen molar-refractivity contribution in [3.63, 3.8) is 0 Å². The summed E-state index contributed by atoms with van der Waals surface area (Å²) in [5.74, 6) is -0.316. The molecule has 2 nitrogen and oxygen atoms in total. The van der Waals surface area contributed by atoms with Crippen molar-refractivity contribution in [2.45, 2.75) is 18.8 Å². The average molecular weight is 274 g/mol. The van der Waals surface area contributed by atoms with Gasteiger partial charge in [-0.05, 0) is 24.1 Å². The largest absolute Gasteiger partial charge is 0.573 e. The van der Waals surface area contributed by atoms with E-state index < -0.39 is 19.1 Å². The minimum absolute atomic E-state index is 0. The Bertz CT molecular complexity index is 328. The molecule has 0 aliphatic carbocycles. The Labute approximate surface area is 102 Å². The number of alkyl halides is 4. The van der Waals surface area contributed by atoms with Crippen LogP contribution in [0.1, 0.15) is 18.0 Å². The summed E-state index contributed by atoms with van der Waals surface area (Å²) in [5, 5.41) is 0. The molecule has 0 spiro atoms. The molecular formula is C10H12ClF4NO. The Balaban J connectivity index is 0.00000256. The van der Waals surface area contributed by atoms with E-state index >= 15 is 0 Å². The Morgan fingerprint density at radius 3 is 2.12 bits per heavy atom. The first-order chi connectivity index (χ1) is 7.42. The third kappa shape index (κ3) is 5.74. The summed E-state index contributed by atoms with van der Waals surface area (Å²) < 4.78 is 51.1. The molecule has 17 heavy (non-hydrogen) atoms. The maximum atomic E-state index is 12.0. The Morgan fingerprint density at radius 1 is 1.18 bits per heavy atom. The molecular weight excluding hydrogens is 262 g/mol. The van der Waals surface area contributed by atoms with Crippen molar-refractivity contribution in [2.75, 3.05) is 6.67 Å². The van der Waals surface area contributed by atoms with Crippen molar-refractivity contribution < 1.29 is 22.3 Å². The summed E-state index contributed by atoms with van der Waals surface area (Å²) >= 11 is 0. The van der Waals surface area contributed by atoms with E-state index in [1.807, 2.05) is 0 Å². The average Bonchev–Trinajstić information content (AvgIpc) is 2.16. The lowest BCUT2D eigenvalue weighted by atomic mass is 10.1. The molecule has 0 aromatic heterocycles. The van der Waals surface area contributed by atoms with E-state index in [9.17, 15) is 17.6 Å². The van der Waals surface area contributed by atoms with E-state index in [0.717, 1.165) is 12.1 Å². The van der Waals surface area contributed by atoms with E-state index in [-0.39, 0.29) is 24.6 Å². The monoisotopic (exact) mass is 273 g/mol. The van der Waals surface area contributed by atoms with Crippen molar-refractivity contribution in [3.8, 4) is 5.75 Å². The molecule has 0 unspecified atom stereocenters. The van der Waals surface area contributed by atoms with Gasteiger partial charge in [-0.1, -0.05) is 12.1 Å². The maximum absolute atomic E-state index is 12.0. The van der Waals surface area contributed by atoms with E-state index in [0.29, 0.717) is 5.56 Å². The zero-order chi connectivity index (χ0) is 12.2. The molecule has 0 aliphatic rings. The summed E-state index contributed by atoms with van der Waals surface area (Å²) in [5.41, 5.74) is 6.16. The van der Waals surface area contributed by atoms with E-state index in [4.69, 9.17) is 5.73 Å². The highest BCUT2D eigenvalue weighted by Gasteiger charge is 2.30. The molecule has 0 saturated heterocycles. The van der Waals surface area contributed by atoms with Crippen LogP contribution >= 0.6 is 12.4 Å². The van der Waals surface area contributed by atoms with Crippen LogP contribution < -0.4 is 10.5 Å². The third-order valence-corrected chi connectivity index (χ3v) is 1.96. The lowest BCUT2D eigenvalue weighted by Crippen LogP contribution is -2.17. The number of ether oxygens (including phenoxy) is 1. The fourth-order valence-electron chi connectivity index (χ4n) is 1.20. The maximum Gasteiger partial charge on any atom is 0.573 e. The predicted octanol–water partition coefficient (Wildman–Crippen LogP) is 3.37. The fourth-order valence-corrected chi connectivity index (χ4v) is 1.20. The van der Waals surface area contributed by atoms with Gasteiger partial charge in [0, 0.05) is 6.04 Å². The van der Waals surface area contributed by atoms with Gasteiger partial charge in [0.2, 0.25) is 0 Å². The SMILES string of the molecule is Cl.N[C@H](CCF)c1ccc(OC(F)(F)F)cc1. The number of hydrogen-bond acceptors (Lipinski definition) is 2. The highest BCUT2D eigenvalue weighted by atomic mass is 35.5. The number of rotatable bonds is 4. The Morgan fingerprint density at radius 2 is 1.71 bits per heavy atom. The molecule has 0 amide bonds. The number of halogens is 5. The van der Waals surface area contributed by atoms with Gasteiger partial charge in [-0.15, -0.1) is 25.6 Å². The molecule has 7 heteroatoms. The van der Waals surface area contributed by atoms with Crippen LogP contribution in [0.5, 0.6) is 5.75 Å². The second kappa shape index (κ2) is 6.66. The molecule has 0 fully saturated rings. The van der Waals surface area contributed by atoms with Crippen LogP contribution in [0, 0.1) is 0 Å². The number of hydrogen-bond donors (Lipinski definition) is 1. The van der Waals surface area contributed by atoms with Gasteiger partial charge >= 0.3 is 6.36 Å². The first-order valence-electron chi connectivity index (χ1n) is 4.59. The Hall–Kier alpha value is -1.01. The molecule has 1 atom stereocenters. The van der Waals surface area contributed by atoms with Gasteiger partial charge < -0.3 is 10.5 Å². The molecule has 1 aromatic rings. The fraction of sp³-hybridized carbons (Fsp3) is 0.400. The van der Waals surface area contributed by atoms with Gasteiger partial charge in [0.1, 0.15) is 5.75 Å². The second-order valence-electron chi connectivity index (χ2n) is 3.20. The smallest absolute Gasteiger partial charge is 0.406 e. The summed E-state index contributed by atoms with van der Waals surface area (Å²) in [6.07, 6.45) is -4.57. The summed E-state index contributed by atoms with van der Waals surface area (Å²) in [4.78, 5) is 0. The molecule has 0 radical (unpaired) electrons. The molecule has 1 aromatic carbocycles. The van der Waals surface area contributed by atoms with Crippen molar-refractivity contribution in [3.05, 3.63) is 29.8 Å². The normalized spacial score (nSPS) is 12.8. The summed E-state index contributed by atoms with van der Waals surface area (Å²) in [6.45, 7) is -0.567. The van der Waals surface area contributed by atoms with Crippen LogP contribution in [0.15, 0.2) is 24.3 Å². The molecule has 0 aliphatic heterocycles. The van der Waals surface area contributed by atoms with Gasteiger partial charge in [-0.3, -0.25) is 4.39 Å². The zero-order valence-corrected chi connectivity index (χ0v) is 9.52. The van der Waals surface area contributed by atoms with Crippen LogP contribution in [-0.2, 0) is 0 Å². The molecule has 98 valence electrons. The number of nitrogens with two attached hydrogens (primary N) is 1. The van der Waals surface area contributed by atoms with Gasteiger partial charge in [-0.2, -0.15) is 0 Å². The van der Waals surface area contributed by atoms with E-state index in [2.05, 4.69) is 4.74 Å². The van der Waals surface area contributed by atoms with Crippen molar-refractivity contribution in [1.82, 2.24) is 0 Å². The topological polar surface area (TPSA) is 35.2 Å². The highest BCUT2D eigenvalue weighted by Crippen LogP contribution is 2.24. The molecule has 0 bridgehead atoms. The molecule has 2 N–H and O–H groups in total. The van der Waals surface area contributed by atoms with Gasteiger partial charge in [-0.25, -0.2) is 0 Å². The molecule has 0 saturated carbocycles. The first-order valence-corrected chi connectivity index (χ1v) is 4.59. The van der Waals surface area contributed by atoms with Crippen molar-refractivity contribution in [2.24, 2.45) is 5.73 Å². The van der Waals surface area contributed by atoms with Crippen LogP contribution in [0.4, 0.5) is 17.6 Å². The van der Waals surface area contributed by atoms with Gasteiger partial charge in [0.05, 0.1) is 6.67 Å². The zero-order valence-electron chi connectivity index (χ0n) is 8.71. The predicted molar refractivity (Wildman–Crippen MR) is 57.9 cm³/mol. The van der Waals surface area contributed by atoms with Crippen LogP contribution in [0.3, 0.4) is 0 Å². The van der Waals surface area contributed by atoms with Gasteiger partial charge in [0.25, 0.3) is 0 Å². The summed E-state index contributed by atoms with van der Waals surface area (Å²) in [7, 11) is 0.